The fraction of sp³-hybridized carbons (Fsp3) is 0.0800. The fourth-order valence-electron chi connectivity index (χ4n) is 3.23. The van der Waals surface area contributed by atoms with E-state index >= 15 is 4.39 Å². The van der Waals surface area contributed by atoms with Crippen molar-refractivity contribution in [2.45, 2.75) is 0 Å². The monoisotopic (exact) mass is 400 g/mol. The molecular formula is C25H21FN2O2. The Hall–Kier alpha value is -3.86. The van der Waals surface area contributed by atoms with Crippen molar-refractivity contribution < 1.29 is 13.9 Å². The van der Waals surface area contributed by atoms with E-state index in [1.165, 1.54) is 0 Å². The molecule has 1 aromatic heterocycles. The van der Waals surface area contributed by atoms with E-state index < -0.39 is 5.82 Å². The zero-order valence-corrected chi connectivity index (χ0v) is 16.7. The van der Waals surface area contributed by atoms with Crippen molar-refractivity contribution in [1.29, 1.82) is 0 Å². The van der Waals surface area contributed by atoms with E-state index in [1.54, 1.807) is 38.5 Å². The molecule has 150 valence electrons. The highest BCUT2D eigenvalue weighted by Gasteiger charge is 2.17. The van der Waals surface area contributed by atoms with Crippen LogP contribution in [0.3, 0.4) is 0 Å². The zero-order valence-electron chi connectivity index (χ0n) is 16.7. The normalized spacial score (nSPS) is 10.5. The van der Waals surface area contributed by atoms with Crippen LogP contribution in [0.5, 0.6) is 11.5 Å². The first-order valence-corrected chi connectivity index (χ1v) is 9.50. The molecule has 0 fully saturated rings. The second-order valence-corrected chi connectivity index (χ2v) is 6.64. The van der Waals surface area contributed by atoms with Crippen LogP contribution in [0.4, 0.5) is 15.8 Å². The summed E-state index contributed by atoms with van der Waals surface area (Å²) in [5.74, 6) is 0.646. The third-order valence-electron chi connectivity index (χ3n) is 4.74. The minimum Gasteiger partial charge on any atom is -0.493 e. The average molecular weight is 400 g/mol. The molecule has 3 aromatic carbocycles. The molecular weight excluding hydrogens is 379 g/mol. The number of nitrogens with zero attached hydrogens (tertiary/aromatic N) is 1. The van der Waals surface area contributed by atoms with Crippen LogP contribution >= 0.6 is 0 Å². The van der Waals surface area contributed by atoms with Gasteiger partial charge in [-0.15, -0.1) is 0 Å². The first-order chi connectivity index (χ1) is 14.7. The van der Waals surface area contributed by atoms with Gasteiger partial charge in [0.05, 0.1) is 25.6 Å². The zero-order chi connectivity index (χ0) is 20.9. The summed E-state index contributed by atoms with van der Waals surface area (Å²) in [5, 5.41) is 3.17. The number of methoxy groups -OCH3 is 2. The Morgan fingerprint density at radius 2 is 1.40 bits per heavy atom. The van der Waals surface area contributed by atoms with Gasteiger partial charge in [-0.25, -0.2) is 9.37 Å². The van der Waals surface area contributed by atoms with Crippen molar-refractivity contribution >= 4 is 11.4 Å². The maximum Gasteiger partial charge on any atom is 0.172 e. The third kappa shape index (κ3) is 3.96. The van der Waals surface area contributed by atoms with Crippen molar-refractivity contribution in [3.63, 3.8) is 0 Å². The van der Waals surface area contributed by atoms with E-state index in [-0.39, 0.29) is 5.69 Å². The Balaban J connectivity index is 1.88. The highest BCUT2D eigenvalue weighted by Crippen LogP contribution is 2.36. The number of aromatic nitrogens is 1. The maximum atomic E-state index is 15.6. The number of rotatable bonds is 6. The Morgan fingerprint density at radius 3 is 2.07 bits per heavy atom. The lowest BCUT2D eigenvalue weighted by atomic mass is 10.1. The third-order valence-corrected chi connectivity index (χ3v) is 4.74. The summed E-state index contributed by atoms with van der Waals surface area (Å²) in [6.45, 7) is 0. The highest BCUT2D eigenvalue weighted by atomic mass is 19.1. The molecule has 0 aliphatic rings. The number of nitrogens with one attached hydrogen (secondary N) is 1. The first-order valence-electron chi connectivity index (χ1n) is 9.50. The molecule has 0 bridgehead atoms. The summed E-state index contributed by atoms with van der Waals surface area (Å²) in [5.41, 5.74) is 3.53. The van der Waals surface area contributed by atoms with E-state index in [2.05, 4.69) is 10.3 Å². The summed E-state index contributed by atoms with van der Waals surface area (Å²) in [6, 6.07) is 26.1. The summed E-state index contributed by atoms with van der Waals surface area (Å²) < 4.78 is 26.3. The molecule has 4 rings (SSSR count). The van der Waals surface area contributed by atoms with Crippen LogP contribution in [-0.4, -0.2) is 19.2 Å². The van der Waals surface area contributed by atoms with Crippen LogP contribution in [0.15, 0.2) is 84.9 Å². The van der Waals surface area contributed by atoms with Crippen LogP contribution < -0.4 is 14.8 Å². The summed E-state index contributed by atoms with van der Waals surface area (Å²) in [7, 11) is 3.11. The first kappa shape index (κ1) is 19.5. The van der Waals surface area contributed by atoms with E-state index in [9.17, 15) is 0 Å². The topological polar surface area (TPSA) is 43.4 Å². The lowest BCUT2D eigenvalue weighted by Gasteiger charge is -2.15. The summed E-state index contributed by atoms with van der Waals surface area (Å²) in [6.07, 6.45) is 0. The number of para-hydroxylation sites is 1. The number of hydrogen-bond donors (Lipinski definition) is 1. The van der Waals surface area contributed by atoms with Gasteiger partial charge in [0.15, 0.2) is 17.3 Å². The molecule has 1 N–H and O–H groups in total. The number of hydrogen-bond acceptors (Lipinski definition) is 4. The SMILES string of the molecule is COc1ccc(-c2nc(-c3ccccc3)cc(Nc3ccccc3)c2F)cc1OC. The van der Waals surface area contributed by atoms with Gasteiger partial charge in [-0.1, -0.05) is 48.5 Å². The molecule has 0 radical (unpaired) electrons. The molecule has 4 nitrogen and oxygen atoms in total. The number of halogens is 1. The summed E-state index contributed by atoms with van der Waals surface area (Å²) >= 11 is 0. The molecule has 0 aliphatic heterocycles. The highest BCUT2D eigenvalue weighted by molar-refractivity contribution is 5.76. The van der Waals surface area contributed by atoms with Gasteiger partial charge in [0.2, 0.25) is 0 Å². The van der Waals surface area contributed by atoms with Gasteiger partial charge in [-0.3, -0.25) is 0 Å². The van der Waals surface area contributed by atoms with Crippen molar-refractivity contribution in [2.24, 2.45) is 0 Å². The Bertz CT molecular complexity index is 1150. The van der Waals surface area contributed by atoms with Crippen LogP contribution in [-0.2, 0) is 0 Å². The summed E-state index contributed by atoms with van der Waals surface area (Å²) in [4.78, 5) is 4.63. The van der Waals surface area contributed by atoms with Crippen LogP contribution in [0, 0.1) is 5.82 Å². The number of pyridine rings is 1. The van der Waals surface area contributed by atoms with Gasteiger partial charge < -0.3 is 14.8 Å². The number of anilines is 2. The van der Waals surface area contributed by atoms with E-state index in [0.717, 1.165) is 11.3 Å². The van der Waals surface area contributed by atoms with Crippen molar-refractivity contribution in [3.8, 4) is 34.0 Å². The van der Waals surface area contributed by atoms with Gasteiger partial charge >= 0.3 is 0 Å². The van der Waals surface area contributed by atoms with Crippen LogP contribution in [0.2, 0.25) is 0 Å². The maximum absolute atomic E-state index is 15.6. The average Bonchev–Trinajstić information content (AvgIpc) is 2.81. The van der Waals surface area contributed by atoms with Gasteiger partial charge in [-0.05, 0) is 36.4 Å². The minimum atomic E-state index is -0.439. The minimum absolute atomic E-state index is 0.232. The lowest BCUT2D eigenvalue weighted by molar-refractivity contribution is 0.355. The second-order valence-electron chi connectivity index (χ2n) is 6.64. The molecule has 0 unspecified atom stereocenters. The van der Waals surface area contributed by atoms with E-state index in [4.69, 9.17) is 9.47 Å². The van der Waals surface area contributed by atoms with Gasteiger partial charge in [0.25, 0.3) is 0 Å². The lowest BCUT2D eigenvalue weighted by Crippen LogP contribution is -2.01. The van der Waals surface area contributed by atoms with Gasteiger partial charge in [0.1, 0.15) is 5.69 Å². The molecule has 0 amide bonds. The molecule has 5 heteroatoms. The molecule has 0 aliphatic carbocycles. The number of ether oxygens (including phenoxy) is 2. The smallest absolute Gasteiger partial charge is 0.172 e. The van der Waals surface area contributed by atoms with Gasteiger partial charge in [0, 0.05) is 16.8 Å². The van der Waals surface area contributed by atoms with E-state index in [0.29, 0.717) is 28.4 Å². The molecule has 30 heavy (non-hydrogen) atoms. The molecule has 0 saturated carbocycles. The van der Waals surface area contributed by atoms with Crippen LogP contribution in [0.1, 0.15) is 0 Å². The second kappa shape index (κ2) is 8.66. The molecule has 1 heterocycles. The van der Waals surface area contributed by atoms with Crippen molar-refractivity contribution in [2.75, 3.05) is 19.5 Å². The molecule has 0 atom stereocenters. The number of benzene rings is 3. The molecule has 4 aromatic rings. The van der Waals surface area contributed by atoms with Crippen molar-refractivity contribution in [3.05, 3.63) is 90.7 Å². The largest absolute Gasteiger partial charge is 0.493 e. The Morgan fingerprint density at radius 1 is 0.733 bits per heavy atom. The van der Waals surface area contributed by atoms with E-state index in [1.807, 2.05) is 60.7 Å². The van der Waals surface area contributed by atoms with Crippen LogP contribution in [0.25, 0.3) is 22.5 Å². The molecule has 0 saturated heterocycles. The molecule has 0 spiro atoms. The quantitative estimate of drug-likeness (QED) is 0.412. The Kier molecular flexibility index (Phi) is 5.61. The fourth-order valence-corrected chi connectivity index (χ4v) is 3.23. The van der Waals surface area contributed by atoms with Crippen molar-refractivity contribution in [1.82, 2.24) is 4.98 Å². The predicted molar refractivity (Wildman–Crippen MR) is 118 cm³/mol. The Labute approximate surface area is 174 Å². The predicted octanol–water partition coefficient (Wildman–Crippen LogP) is 6.32. The van der Waals surface area contributed by atoms with Gasteiger partial charge in [-0.2, -0.15) is 0 Å². The standard InChI is InChI=1S/C25H21FN2O2/c1-29-22-14-13-18(15-23(22)30-2)25-24(26)21(27-19-11-7-4-8-12-19)16-20(28-25)17-9-5-3-6-10-17/h3-16H,1-2H3,(H,27,28).